The molecule has 2 aromatic rings. The van der Waals surface area contributed by atoms with E-state index in [1.807, 2.05) is 24.5 Å². The van der Waals surface area contributed by atoms with Crippen LogP contribution in [0.5, 0.6) is 5.75 Å². The quantitative estimate of drug-likeness (QED) is 0.429. The summed E-state index contributed by atoms with van der Waals surface area (Å²) in [5.74, 6) is -1.32. The number of nitrogens with two attached hydrogens (primary N) is 1. The Labute approximate surface area is 201 Å². The Kier molecular flexibility index (Phi) is 7.01. The van der Waals surface area contributed by atoms with E-state index >= 15 is 0 Å². The van der Waals surface area contributed by atoms with E-state index in [4.69, 9.17) is 10.5 Å². The lowest BCUT2D eigenvalue weighted by atomic mass is 9.97. The third kappa shape index (κ3) is 4.70. The number of primary amides is 1. The van der Waals surface area contributed by atoms with Crippen molar-refractivity contribution in [2.75, 3.05) is 26.5 Å². The molecule has 2 saturated heterocycles. The van der Waals surface area contributed by atoms with Crippen LogP contribution in [-0.2, 0) is 14.4 Å². The highest BCUT2D eigenvalue weighted by atomic mass is 32.2. The van der Waals surface area contributed by atoms with Crippen LogP contribution in [-0.4, -0.2) is 77.3 Å². The van der Waals surface area contributed by atoms with Gasteiger partial charge in [-0.05, 0) is 43.7 Å². The van der Waals surface area contributed by atoms with Gasteiger partial charge in [0.05, 0.1) is 7.11 Å². The minimum absolute atomic E-state index is 0.0752. The van der Waals surface area contributed by atoms with Crippen molar-refractivity contribution in [2.24, 2.45) is 11.7 Å². The number of aromatic amines is 1. The van der Waals surface area contributed by atoms with Gasteiger partial charge in [0.25, 0.3) is 5.91 Å². The predicted molar refractivity (Wildman–Crippen MR) is 128 cm³/mol. The molecule has 182 valence electrons. The van der Waals surface area contributed by atoms with E-state index in [0.717, 1.165) is 10.9 Å². The zero-order valence-electron chi connectivity index (χ0n) is 19.1. The van der Waals surface area contributed by atoms with Crippen molar-refractivity contribution in [1.82, 2.24) is 20.5 Å². The second-order valence-corrected chi connectivity index (χ2v) is 9.79. The molecular formula is C23H29N5O5S. The van der Waals surface area contributed by atoms with Crippen LogP contribution in [0.15, 0.2) is 24.3 Å². The van der Waals surface area contributed by atoms with Crippen molar-refractivity contribution in [3.8, 4) is 5.75 Å². The fraction of sp³-hybridized carbons (Fsp3) is 0.478. The molecule has 4 atom stereocenters. The highest BCUT2D eigenvalue weighted by molar-refractivity contribution is 7.99. The smallest absolute Gasteiger partial charge is 0.271 e. The highest BCUT2D eigenvalue weighted by Gasteiger charge is 2.41. The minimum Gasteiger partial charge on any atom is -0.496 e. The number of carbonyl (C=O) groups excluding carboxylic acids is 4. The Morgan fingerprint density at radius 2 is 2.15 bits per heavy atom. The molecule has 2 aliphatic heterocycles. The summed E-state index contributed by atoms with van der Waals surface area (Å²) in [6.07, 6.45) is 3.12. The third-order valence-electron chi connectivity index (χ3n) is 6.58. The number of ether oxygens (including phenoxy) is 1. The summed E-state index contributed by atoms with van der Waals surface area (Å²) in [5.41, 5.74) is 6.64. The lowest BCUT2D eigenvalue weighted by molar-refractivity contribution is -0.131. The van der Waals surface area contributed by atoms with Crippen LogP contribution in [0, 0.1) is 5.92 Å². The number of H-pyrrole nitrogens is 1. The lowest BCUT2D eigenvalue weighted by Gasteiger charge is -2.26. The Morgan fingerprint density at radius 3 is 2.79 bits per heavy atom. The minimum atomic E-state index is -0.982. The number of hydrogen-bond donors (Lipinski definition) is 4. The van der Waals surface area contributed by atoms with E-state index in [0.29, 0.717) is 37.4 Å². The number of likely N-dealkylation sites (tertiary alicyclic amines) is 1. The fourth-order valence-corrected chi connectivity index (χ4v) is 5.37. The molecule has 0 radical (unpaired) electrons. The van der Waals surface area contributed by atoms with Gasteiger partial charge >= 0.3 is 0 Å². The van der Waals surface area contributed by atoms with Gasteiger partial charge in [-0.2, -0.15) is 11.8 Å². The number of nitrogens with one attached hydrogen (secondary N) is 3. The molecule has 1 aromatic carbocycles. The van der Waals surface area contributed by atoms with Crippen molar-refractivity contribution < 1.29 is 23.9 Å². The number of methoxy groups -OCH3 is 1. The van der Waals surface area contributed by atoms with Gasteiger partial charge in [-0.3, -0.25) is 19.2 Å². The molecule has 11 heteroatoms. The number of benzene rings is 1. The van der Waals surface area contributed by atoms with E-state index in [9.17, 15) is 19.2 Å². The number of nitrogens with zero attached hydrogens (tertiary/aromatic N) is 1. The molecule has 1 aromatic heterocycles. The molecule has 2 aliphatic rings. The summed E-state index contributed by atoms with van der Waals surface area (Å²) >= 11 is 1.58. The number of fused-ring (bicyclic) bond motifs is 1. The van der Waals surface area contributed by atoms with Gasteiger partial charge in [-0.1, -0.05) is 6.07 Å². The van der Waals surface area contributed by atoms with Gasteiger partial charge in [-0.25, -0.2) is 0 Å². The van der Waals surface area contributed by atoms with Gasteiger partial charge < -0.3 is 31.0 Å². The number of hydrogen-bond acceptors (Lipinski definition) is 6. The van der Waals surface area contributed by atoms with Crippen molar-refractivity contribution in [3.63, 3.8) is 0 Å². The summed E-state index contributed by atoms with van der Waals surface area (Å²) in [4.78, 5) is 55.3. The zero-order chi connectivity index (χ0) is 24.4. The molecule has 0 bridgehead atoms. The van der Waals surface area contributed by atoms with Crippen LogP contribution < -0.4 is 21.1 Å². The van der Waals surface area contributed by atoms with Crippen molar-refractivity contribution in [3.05, 3.63) is 30.0 Å². The van der Waals surface area contributed by atoms with Gasteiger partial charge in [-0.15, -0.1) is 0 Å². The molecule has 2 fully saturated rings. The molecule has 10 nitrogen and oxygen atoms in total. The van der Waals surface area contributed by atoms with Gasteiger partial charge in [0.2, 0.25) is 17.7 Å². The Morgan fingerprint density at radius 1 is 1.35 bits per heavy atom. The first-order chi connectivity index (χ1) is 16.3. The van der Waals surface area contributed by atoms with E-state index in [1.165, 1.54) is 4.90 Å². The first-order valence-corrected chi connectivity index (χ1v) is 12.5. The van der Waals surface area contributed by atoms with Crippen LogP contribution in [0.1, 0.15) is 29.8 Å². The maximum Gasteiger partial charge on any atom is 0.271 e. The highest BCUT2D eigenvalue weighted by Crippen LogP contribution is 2.31. The Bertz CT molecular complexity index is 1120. The number of rotatable bonds is 8. The summed E-state index contributed by atoms with van der Waals surface area (Å²) in [6, 6.07) is 5.49. The fourth-order valence-electron chi connectivity index (χ4n) is 4.69. The van der Waals surface area contributed by atoms with E-state index in [1.54, 1.807) is 24.9 Å². The average molecular weight is 488 g/mol. The van der Waals surface area contributed by atoms with E-state index in [-0.39, 0.29) is 29.4 Å². The normalized spacial score (nSPS) is 23.1. The SMILES string of the molecule is COc1cccc2[nH]c(C(=O)N3CC(SC)CC3C(=O)N[C@@H](C[C@@H]3CCNC3=O)C(N)=O)cc12. The van der Waals surface area contributed by atoms with Crippen LogP contribution >= 0.6 is 11.8 Å². The lowest BCUT2D eigenvalue weighted by Crippen LogP contribution is -2.53. The molecule has 0 aliphatic carbocycles. The monoisotopic (exact) mass is 487 g/mol. The molecule has 0 spiro atoms. The molecule has 5 N–H and O–H groups in total. The first-order valence-electron chi connectivity index (χ1n) is 11.2. The second kappa shape index (κ2) is 9.96. The Hall–Kier alpha value is -3.21. The summed E-state index contributed by atoms with van der Waals surface area (Å²) in [5, 5.41) is 6.28. The Balaban J connectivity index is 1.53. The molecule has 4 amide bonds. The summed E-state index contributed by atoms with van der Waals surface area (Å²) in [6.45, 7) is 0.940. The second-order valence-electron chi connectivity index (χ2n) is 8.65. The maximum absolute atomic E-state index is 13.5. The van der Waals surface area contributed by atoms with Crippen LogP contribution in [0.3, 0.4) is 0 Å². The first kappa shape index (κ1) is 23.9. The third-order valence-corrected chi connectivity index (χ3v) is 7.59. The zero-order valence-corrected chi connectivity index (χ0v) is 19.9. The van der Waals surface area contributed by atoms with E-state index in [2.05, 4.69) is 15.6 Å². The van der Waals surface area contributed by atoms with Crippen molar-refractivity contribution >= 4 is 46.3 Å². The molecule has 4 rings (SSSR count). The molecule has 34 heavy (non-hydrogen) atoms. The van der Waals surface area contributed by atoms with Gasteiger partial charge in [0, 0.05) is 35.2 Å². The average Bonchev–Trinajstić information content (AvgIpc) is 3.55. The summed E-state index contributed by atoms with van der Waals surface area (Å²) < 4.78 is 5.38. The predicted octanol–water partition coefficient (Wildman–Crippen LogP) is 0.619. The van der Waals surface area contributed by atoms with Crippen LogP contribution in [0.2, 0.25) is 0 Å². The number of aromatic nitrogens is 1. The number of amides is 4. The number of carbonyl (C=O) groups is 4. The van der Waals surface area contributed by atoms with Crippen LogP contribution in [0.4, 0.5) is 0 Å². The largest absolute Gasteiger partial charge is 0.496 e. The number of thioether (sulfide) groups is 1. The van der Waals surface area contributed by atoms with Crippen molar-refractivity contribution in [1.29, 1.82) is 0 Å². The molecular weight excluding hydrogens is 458 g/mol. The van der Waals surface area contributed by atoms with E-state index < -0.39 is 23.9 Å². The van der Waals surface area contributed by atoms with Gasteiger partial charge in [0.15, 0.2) is 0 Å². The summed E-state index contributed by atoms with van der Waals surface area (Å²) in [7, 11) is 1.57. The maximum atomic E-state index is 13.5. The van der Waals surface area contributed by atoms with Crippen LogP contribution in [0.25, 0.3) is 10.9 Å². The molecule has 3 heterocycles. The molecule has 0 saturated carbocycles. The molecule has 2 unspecified atom stereocenters. The standard InChI is InChI=1S/C23H29N5O5S/c1-33-19-5-3-4-15-14(19)10-17(26-15)23(32)28-11-13(34-2)9-18(28)22(31)27-16(20(24)29)8-12-6-7-25-21(12)30/h3-5,10,12-13,16,18,26H,6-9,11H2,1-2H3,(H2,24,29)(H,25,30)(H,27,31)/t12-,13?,16-,18?/m0/s1. The van der Waals surface area contributed by atoms with Gasteiger partial charge in [0.1, 0.15) is 23.5 Å². The topological polar surface area (TPSA) is 147 Å². The van der Waals surface area contributed by atoms with Crippen molar-refractivity contribution in [2.45, 2.75) is 36.6 Å².